The molecule has 5 heteroatoms. The van der Waals surface area contributed by atoms with Gasteiger partial charge in [0.2, 0.25) is 0 Å². The molecule has 2 aromatic rings. The van der Waals surface area contributed by atoms with Gasteiger partial charge in [-0.05, 0) is 62.0 Å². The Labute approximate surface area is 172 Å². The number of rotatable bonds is 3. The summed E-state index contributed by atoms with van der Waals surface area (Å²) in [5.41, 5.74) is 1.86. The van der Waals surface area contributed by atoms with Gasteiger partial charge in [0.15, 0.2) is 0 Å². The van der Waals surface area contributed by atoms with Crippen LogP contribution in [0.1, 0.15) is 68.9 Å². The van der Waals surface area contributed by atoms with E-state index < -0.39 is 5.60 Å². The molecule has 4 fully saturated rings. The molecule has 1 aromatic heterocycles. The molecular weight excluding hydrogens is 362 g/mol. The molecule has 1 amide bonds. The van der Waals surface area contributed by atoms with Crippen LogP contribution in [-0.2, 0) is 5.41 Å². The Morgan fingerprint density at radius 3 is 2.38 bits per heavy atom. The van der Waals surface area contributed by atoms with Crippen LogP contribution in [0.2, 0.25) is 0 Å². The Balaban J connectivity index is 1.44. The molecule has 29 heavy (non-hydrogen) atoms. The van der Waals surface area contributed by atoms with Gasteiger partial charge in [-0.1, -0.05) is 39.0 Å². The van der Waals surface area contributed by atoms with Gasteiger partial charge in [-0.25, -0.2) is 4.68 Å². The van der Waals surface area contributed by atoms with Crippen LogP contribution >= 0.6 is 0 Å². The third kappa shape index (κ3) is 3.20. The number of carbonyl (C=O) groups is 1. The summed E-state index contributed by atoms with van der Waals surface area (Å²) < 4.78 is 1.90. The minimum atomic E-state index is -0.480. The Bertz CT molecular complexity index is 911. The maximum absolute atomic E-state index is 13.4. The fourth-order valence-electron chi connectivity index (χ4n) is 6.45. The van der Waals surface area contributed by atoms with Crippen LogP contribution in [0.5, 0.6) is 0 Å². The summed E-state index contributed by atoms with van der Waals surface area (Å²) in [5, 5.41) is 18.8. The van der Waals surface area contributed by atoms with Crippen molar-refractivity contribution in [3.63, 3.8) is 0 Å². The molecule has 6 rings (SSSR count). The van der Waals surface area contributed by atoms with Crippen molar-refractivity contribution in [3.05, 3.63) is 47.8 Å². The van der Waals surface area contributed by atoms with Gasteiger partial charge in [0.05, 0.1) is 28.7 Å². The summed E-state index contributed by atoms with van der Waals surface area (Å²) in [6.07, 6.45) is 6.62. The van der Waals surface area contributed by atoms with E-state index in [1.807, 2.05) is 35.0 Å². The highest BCUT2D eigenvalue weighted by atomic mass is 16.3. The number of aromatic nitrogens is 2. The molecule has 0 saturated heterocycles. The van der Waals surface area contributed by atoms with Crippen molar-refractivity contribution < 1.29 is 9.90 Å². The van der Waals surface area contributed by atoms with Gasteiger partial charge in [0.1, 0.15) is 0 Å². The van der Waals surface area contributed by atoms with E-state index in [9.17, 15) is 9.90 Å². The predicted molar refractivity (Wildman–Crippen MR) is 112 cm³/mol. The van der Waals surface area contributed by atoms with Crippen molar-refractivity contribution in [1.29, 1.82) is 0 Å². The van der Waals surface area contributed by atoms with Crippen LogP contribution in [0, 0.1) is 17.8 Å². The first-order valence-corrected chi connectivity index (χ1v) is 10.9. The van der Waals surface area contributed by atoms with Crippen LogP contribution in [-0.4, -0.2) is 32.4 Å². The van der Waals surface area contributed by atoms with Crippen LogP contribution < -0.4 is 5.32 Å². The van der Waals surface area contributed by atoms with E-state index in [4.69, 9.17) is 0 Å². The smallest absolute Gasteiger partial charge is 0.255 e. The molecule has 0 radical (unpaired) electrons. The lowest BCUT2D eigenvalue weighted by molar-refractivity contribution is -0.136. The molecule has 1 aromatic carbocycles. The van der Waals surface area contributed by atoms with Crippen molar-refractivity contribution >= 4 is 5.91 Å². The third-order valence-corrected chi connectivity index (χ3v) is 7.26. The highest BCUT2D eigenvalue weighted by Crippen LogP contribution is 2.55. The zero-order valence-corrected chi connectivity index (χ0v) is 17.6. The van der Waals surface area contributed by atoms with Gasteiger partial charge in [0.25, 0.3) is 5.91 Å². The average molecular weight is 394 g/mol. The van der Waals surface area contributed by atoms with Crippen molar-refractivity contribution in [1.82, 2.24) is 15.1 Å². The zero-order valence-electron chi connectivity index (χ0n) is 17.6. The fraction of sp³-hybridized carbons (Fsp3) is 0.583. The number of benzene rings is 1. The van der Waals surface area contributed by atoms with Crippen molar-refractivity contribution in [2.24, 2.45) is 17.8 Å². The Morgan fingerprint density at radius 1 is 1.14 bits per heavy atom. The van der Waals surface area contributed by atoms with Gasteiger partial charge >= 0.3 is 0 Å². The molecule has 1 heterocycles. The average Bonchev–Trinajstić information content (AvgIpc) is 3.10. The second kappa shape index (κ2) is 6.43. The molecule has 4 bridgehead atoms. The molecule has 2 unspecified atom stereocenters. The summed E-state index contributed by atoms with van der Waals surface area (Å²) in [7, 11) is 0. The van der Waals surface area contributed by atoms with Crippen molar-refractivity contribution in [2.75, 3.05) is 0 Å². The lowest BCUT2D eigenvalue weighted by atomic mass is 9.52. The Kier molecular flexibility index (Phi) is 4.18. The lowest BCUT2D eigenvalue weighted by Crippen LogP contribution is -2.61. The van der Waals surface area contributed by atoms with E-state index in [1.54, 1.807) is 6.20 Å². The van der Waals surface area contributed by atoms with E-state index in [0.717, 1.165) is 43.5 Å². The molecule has 4 aliphatic rings. The standard InChI is InChI=1S/C24H31N3O2/c1-23(2,3)21-19(14-25-27(21)18-7-5-4-6-8-18)22(28)26-20-16-9-15-10-17(20)13-24(29,11-15)12-16/h4-8,14-17,20,29H,9-13H2,1-3H3,(H,26,28). The van der Waals surface area contributed by atoms with E-state index in [-0.39, 0.29) is 17.4 Å². The van der Waals surface area contributed by atoms with Crippen LogP contribution in [0.15, 0.2) is 36.5 Å². The second-order valence-corrected chi connectivity index (χ2v) is 10.6. The van der Waals surface area contributed by atoms with Crippen LogP contribution in [0.25, 0.3) is 5.69 Å². The number of para-hydroxylation sites is 1. The number of nitrogens with one attached hydrogen (secondary N) is 1. The number of amides is 1. The number of hydrogen-bond acceptors (Lipinski definition) is 3. The van der Waals surface area contributed by atoms with Crippen molar-refractivity contribution in [3.8, 4) is 5.69 Å². The molecule has 4 saturated carbocycles. The quantitative estimate of drug-likeness (QED) is 0.833. The SMILES string of the molecule is CC(C)(C)c1c(C(=O)NC2C3CC4CC2CC(O)(C4)C3)cnn1-c1ccccc1. The van der Waals surface area contributed by atoms with Crippen molar-refractivity contribution in [2.45, 2.75) is 69.9 Å². The van der Waals surface area contributed by atoms with Crippen LogP contribution in [0.3, 0.4) is 0 Å². The van der Waals surface area contributed by atoms with E-state index in [2.05, 4.69) is 31.2 Å². The molecule has 2 N–H and O–H groups in total. The number of carbonyl (C=O) groups excluding carboxylic acids is 1. The largest absolute Gasteiger partial charge is 0.390 e. The van der Waals surface area contributed by atoms with Gasteiger partial charge in [0, 0.05) is 11.5 Å². The lowest BCUT2D eigenvalue weighted by Gasteiger charge is -2.58. The number of nitrogens with zero attached hydrogens (tertiary/aromatic N) is 2. The summed E-state index contributed by atoms with van der Waals surface area (Å²) in [5.74, 6) is 1.41. The predicted octanol–water partition coefficient (Wildman–Crippen LogP) is 3.84. The number of aliphatic hydroxyl groups is 1. The van der Waals surface area contributed by atoms with E-state index in [0.29, 0.717) is 23.3 Å². The normalized spacial score (nSPS) is 33.1. The zero-order chi connectivity index (χ0) is 20.4. The summed E-state index contributed by atoms with van der Waals surface area (Å²) in [6.45, 7) is 6.37. The second-order valence-electron chi connectivity index (χ2n) is 10.6. The maximum atomic E-state index is 13.4. The fourth-order valence-corrected chi connectivity index (χ4v) is 6.45. The minimum absolute atomic E-state index is 0.0263. The number of hydrogen-bond donors (Lipinski definition) is 2. The minimum Gasteiger partial charge on any atom is -0.390 e. The Morgan fingerprint density at radius 2 is 1.79 bits per heavy atom. The topological polar surface area (TPSA) is 67.2 Å². The molecule has 154 valence electrons. The van der Waals surface area contributed by atoms with Crippen LogP contribution in [0.4, 0.5) is 0 Å². The molecule has 0 spiro atoms. The molecule has 5 nitrogen and oxygen atoms in total. The first-order valence-electron chi connectivity index (χ1n) is 10.9. The molecule has 4 aliphatic carbocycles. The first-order chi connectivity index (χ1) is 13.7. The van der Waals surface area contributed by atoms with Gasteiger partial charge < -0.3 is 10.4 Å². The Hall–Kier alpha value is -2.14. The van der Waals surface area contributed by atoms with E-state index >= 15 is 0 Å². The van der Waals surface area contributed by atoms with Gasteiger partial charge in [-0.15, -0.1) is 0 Å². The summed E-state index contributed by atoms with van der Waals surface area (Å²) >= 11 is 0. The first kappa shape index (κ1) is 18.9. The monoisotopic (exact) mass is 393 g/mol. The highest BCUT2D eigenvalue weighted by molar-refractivity contribution is 5.96. The van der Waals surface area contributed by atoms with Gasteiger partial charge in [-0.3, -0.25) is 4.79 Å². The molecular formula is C24H31N3O2. The summed E-state index contributed by atoms with van der Waals surface area (Å²) in [4.78, 5) is 13.4. The summed E-state index contributed by atoms with van der Waals surface area (Å²) in [6, 6.07) is 10.2. The highest BCUT2D eigenvalue weighted by Gasteiger charge is 2.55. The van der Waals surface area contributed by atoms with Gasteiger partial charge in [-0.2, -0.15) is 5.10 Å². The van der Waals surface area contributed by atoms with E-state index in [1.165, 1.54) is 0 Å². The third-order valence-electron chi connectivity index (χ3n) is 7.26. The maximum Gasteiger partial charge on any atom is 0.255 e. The molecule has 0 aliphatic heterocycles. The molecule has 2 atom stereocenters.